The van der Waals surface area contributed by atoms with Gasteiger partial charge in [0.1, 0.15) is 5.69 Å². The van der Waals surface area contributed by atoms with Crippen molar-refractivity contribution >= 4 is 11.8 Å². The van der Waals surface area contributed by atoms with Crippen molar-refractivity contribution in [2.45, 2.75) is 57.7 Å². The molecule has 2 aliphatic heterocycles. The van der Waals surface area contributed by atoms with E-state index in [2.05, 4.69) is 16.8 Å². The van der Waals surface area contributed by atoms with E-state index in [1.54, 1.807) is 19.2 Å². The number of fused-ring (bicyclic) bond motifs is 1. The number of aromatic nitrogens is 1. The molecular formula is C18H23N3O2. The van der Waals surface area contributed by atoms with Gasteiger partial charge in [-0.25, -0.2) is 0 Å². The molecular weight excluding hydrogens is 290 g/mol. The van der Waals surface area contributed by atoms with Gasteiger partial charge in [-0.05, 0) is 37.8 Å². The third-order valence-corrected chi connectivity index (χ3v) is 6.19. The van der Waals surface area contributed by atoms with E-state index >= 15 is 0 Å². The second kappa shape index (κ2) is 5.05. The van der Waals surface area contributed by atoms with Gasteiger partial charge in [0.25, 0.3) is 5.91 Å². The summed E-state index contributed by atoms with van der Waals surface area (Å²) in [5.41, 5.74) is 0.539. The molecule has 0 radical (unpaired) electrons. The number of carbonyl (C=O) groups excluding carboxylic acids is 2. The highest BCUT2D eigenvalue weighted by atomic mass is 16.2. The largest absolute Gasteiger partial charge is 0.337 e. The van der Waals surface area contributed by atoms with Crippen LogP contribution in [0.25, 0.3) is 0 Å². The lowest BCUT2D eigenvalue weighted by molar-refractivity contribution is -0.137. The van der Waals surface area contributed by atoms with Crippen molar-refractivity contribution in [3.05, 3.63) is 30.1 Å². The summed E-state index contributed by atoms with van der Waals surface area (Å²) in [5.74, 6) is 0.161. The van der Waals surface area contributed by atoms with Crippen molar-refractivity contribution in [2.75, 3.05) is 6.54 Å². The van der Waals surface area contributed by atoms with Gasteiger partial charge in [-0.2, -0.15) is 0 Å². The molecule has 1 aromatic heterocycles. The van der Waals surface area contributed by atoms with Crippen molar-refractivity contribution < 1.29 is 9.59 Å². The van der Waals surface area contributed by atoms with Gasteiger partial charge >= 0.3 is 0 Å². The molecule has 1 aliphatic carbocycles. The fourth-order valence-corrected chi connectivity index (χ4v) is 5.27. The van der Waals surface area contributed by atoms with Crippen molar-refractivity contribution in [1.82, 2.24) is 14.8 Å². The zero-order chi connectivity index (χ0) is 16.2. The molecule has 3 fully saturated rings. The van der Waals surface area contributed by atoms with Gasteiger partial charge in [0, 0.05) is 37.2 Å². The molecule has 2 amide bonds. The maximum Gasteiger partial charge on any atom is 0.273 e. The summed E-state index contributed by atoms with van der Waals surface area (Å²) in [6, 6.07) is 6.10. The van der Waals surface area contributed by atoms with E-state index in [4.69, 9.17) is 0 Å². The van der Waals surface area contributed by atoms with Crippen molar-refractivity contribution in [3.8, 4) is 0 Å². The molecule has 3 aliphatic rings. The van der Waals surface area contributed by atoms with Crippen LogP contribution in [0.3, 0.4) is 0 Å². The van der Waals surface area contributed by atoms with E-state index in [-0.39, 0.29) is 35.4 Å². The van der Waals surface area contributed by atoms with E-state index in [0.29, 0.717) is 12.2 Å². The Morgan fingerprint density at radius 3 is 2.74 bits per heavy atom. The van der Waals surface area contributed by atoms with Crippen LogP contribution in [0, 0.1) is 5.41 Å². The highest BCUT2D eigenvalue weighted by molar-refractivity contribution is 5.93. The Morgan fingerprint density at radius 2 is 2.04 bits per heavy atom. The Balaban J connectivity index is 1.73. The van der Waals surface area contributed by atoms with Crippen LogP contribution >= 0.6 is 0 Å². The molecule has 5 nitrogen and oxygen atoms in total. The smallest absolute Gasteiger partial charge is 0.273 e. The number of piperidine rings is 1. The quantitative estimate of drug-likeness (QED) is 0.798. The van der Waals surface area contributed by atoms with E-state index in [9.17, 15) is 9.59 Å². The molecule has 0 aromatic carbocycles. The summed E-state index contributed by atoms with van der Waals surface area (Å²) < 4.78 is 0. The van der Waals surface area contributed by atoms with Crippen molar-refractivity contribution in [2.24, 2.45) is 5.41 Å². The van der Waals surface area contributed by atoms with Crippen LogP contribution in [-0.2, 0) is 4.79 Å². The van der Waals surface area contributed by atoms with Gasteiger partial charge in [-0.3, -0.25) is 14.6 Å². The van der Waals surface area contributed by atoms with Crippen LogP contribution in [0.5, 0.6) is 0 Å². The standard InChI is InChI=1S/C18H23N3O2/c1-12(22)20-11-13-10-18(2)15(20)7-5-8-16(18)21(13)17(23)14-6-3-4-9-19-14/h3-4,6,9,13,15-16H,5,7-8,10-11H2,1-2H3/t13-,15+,16-,18+/m0/s1. The monoisotopic (exact) mass is 313 g/mol. The first-order valence-electron chi connectivity index (χ1n) is 8.53. The summed E-state index contributed by atoms with van der Waals surface area (Å²) in [6.45, 7) is 4.60. The molecule has 0 unspecified atom stereocenters. The second-order valence-electron chi connectivity index (χ2n) is 7.43. The zero-order valence-electron chi connectivity index (χ0n) is 13.7. The van der Waals surface area contributed by atoms with Gasteiger partial charge in [-0.15, -0.1) is 0 Å². The Morgan fingerprint density at radius 1 is 1.26 bits per heavy atom. The fraction of sp³-hybridized carbons (Fsp3) is 0.611. The number of likely N-dealkylation sites (tertiary alicyclic amines) is 2. The molecule has 4 atom stereocenters. The SMILES string of the molecule is CC(=O)N1C[C@@H]2C[C@@]3(C)[C@H](CCC[C@@H]13)N2C(=O)c1ccccn1. The van der Waals surface area contributed by atoms with Gasteiger partial charge in [0.05, 0.1) is 6.04 Å². The Labute approximate surface area is 136 Å². The van der Waals surface area contributed by atoms with Crippen LogP contribution in [0.15, 0.2) is 24.4 Å². The molecule has 2 bridgehead atoms. The van der Waals surface area contributed by atoms with Crippen molar-refractivity contribution in [1.29, 1.82) is 0 Å². The molecule has 5 heteroatoms. The molecule has 23 heavy (non-hydrogen) atoms. The Hall–Kier alpha value is -1.91. The number of pyridine rings is 1. The minimum atomic E-state index is 0.0235. The summed E-state index contributed by atoms with van der Waals surface area (Å²) in [4.78, 5) is 33.5. The lowest BCUT2D eigenvalue weighted by Crippen LogP contribution is -2.57. The maximum absolute atomic E-state index is 13.1. The van der Waals surface area contributed by atoms with Crippen LogP contribution in [-0.4, -0.2) is 51.3 Å². The molecule has 4 rings (SSSR count). The number of rotatable bonds is 1. The molecule has 0 N–H and O–H groups in total. The van der Waals surface area contributed by atoms with Gasteiger partial charge in [0.15, 0.2) is 0 Å². The molecule has 1 saturated carbocycles. The van der Waals surface area contributed by atoms with Gasteiger partial charge in [-0.1, -0.05) is 13.0 Å². The zero-order valence-corrected chi connectivity index (χ0v) is 13.7. The van der Waals surface area contributed by atoms with Crippen LogP contribution in [0.2, 0.25) is 0 Å². The third kappa shape index (κ3) is 2.02. The molecule has 122 valence electrons. The predicted molar refractivity (Wildman–Crippen MR) is 85.7 cm³/mol. The van der Waals surface area contributed by atoms with Crippen LogP contribution in [0.4, 0.5) is 0 Å². The molecule has 2 saturated heterocycles. The summed E-state index contributed by atoms with van der Waals surface area (Å²) in [5, 5.41) is 0. The maximum atomic E-state index is 13.1. The topological polar surface area (TPSA) is 53.5 Å². The Bertz CT molecular complexity index is 647. The third-order valence-electron chi connectivity index (χ3n) is 6.19. The lowest BCUT2D eigenvalue weighted by atomic mass is 9.66. The Kier molecular flexibility index (Phi) is 3.22. The first-order chi connectivity index (χ1) is 11.0. The number of hydrogen-bond acceptors (Lipinski definition) is 3. The van der Waals surface area contributed by atoms with Crippen molar-refractivity contribution in [3.63, 3.8) is 0 Å². The van der Waals surface area contributed by atoms with Gasteiger partial charge < -0.3 is 9.80 Å². The number of nitrogens with zero attached hydrogens (tertiary/aromatic N) is 3. The average Bonchev–Trinajstić information content (AvgIpc) is 2.84. The van der Waals surface area contributed by atoms with E-state index in [1.807, 2.05) is 17.0 Å². The average molecular weight is 313 g/mol. The van der Waals surface area contributed by atoms with Crippen LogP contribution in [0.1, 0.15) is 50.0 Å². The summed E-state index contributed by atoms with van der Waals surface area (Å²) >= 11 is 0. The predicted octanol–water partition coefficient (Wildman–Crippen LogP) is 2.09. The highest BCUT2D eigenvalue weighted by Crippen LogP contribution is 2.54. The number of amides is 2. The fourth-order valence-electron chi connectivity index (χ4n) is 5.27. The first kappa shape index (κ1) is 14.7. The number of carbonyl (C=O) groups is 2. The minimum absolute atomic E-state index is 0.0235. The first-order valence-corrected chi connectivity index (χ1v) is 8.53. The lowest BCUT2D eigenvalue weighted by Gasteiger charge is -2.49. The second-order valence-corrected chi connectivity index (χ2v) is 7.43. The minimum Gasteiger partial charge on any atom is -0.337 e. The molecule has 1 aromatic rings. The normalized spacial score (nSPS) is 35.3. The number of hydrogen-bond donors (Lipinski definition) is 0. The van der Waals surface area contributed by atoms with Crippen LogP contribution < -0.4 is 0 Å². The molecule has 3 heterocycles. The van der Waals surface area contributed by atoms with E-state index < -0.39 is 0 Å². The van der Waals surface area contributed by atoms with E-state index in [0.717, 1.165) is 25.7 Å². The van der Waals surface area contributed by atoms with E-state index in [1.165, 1.54) is 0 Å². The summed E-state index contributed by atoms with van der Waals surface area (Å²) in [7, 11) is 0. The molecule has 0 spiro atoms. The highest BCUT2D eigenvalue weighted by Gasteiger charge is 2.61. The van der Waals surface area contributed by atoms with Gasteiger partial charge in [0.2, 0.25) is 5.91 Å². The summed E-state index contributed by atoms with van der Waals surface area (Å²) in [6.07, 6.45) is 5.85.